The fourth-order valence-electron chi connectivity index (χ4n) is 1.01. The van der Waals surface area contributed by atoms with Crippen LogP contribution in [-0.2, 0) is 28.5 Å². The Kier molecular flexibility index (Phi) is 10.2. The first-order valence-corrected chi connectivity index (χ1v) is 5.63. The lowest BCUT2D eigenvalue weighted by Crippen LogP contribution is -2.27. The SMILES string of the molecule is CC(=O)OCCOCC(CO)OCCOC(C)=O. The molecule has 1 N–H and O–H groups in total. The third-order valence-corrected chi connectivity index (χ3v) is 1.78. The first kappa shape index (κ1) is 16.8. The lowest BCUT2D eigenvalue weighted by Gasteiger charge is -2.15. The molecule has 0 aliphatic rings. The summed E-state index contributed by atoms with van der Waals surface area (Å²) in [5.41, 5.74) is 0. The molecule has 1 unspecified atom stereocenters. The van der Waals surface area contributed by atoms with Gasteiger partial charge in [-0.05, 0) is 0 Å². The van der Waals surface area contributed by atoms with Crippen LogP contribution in [0.1, 0.15) is 13.8 Å². The normalized spacial score (nSPS) is 11.9. The Bertz CT molecular complexity index is 242. The van der Waals surface area contributed by atoms with E-state index in [0.29, 0.717) is 0 Å². The van der Waals surface area contributed by atoms with E-state index in [0.717, 1.165) is 0 Å². The van der Waals surface area contributed by atoms with Crippen molar-refractivity contribution in [1.82, 2.24) is 0 Å². The number of esters is 2. The smallest absolute Gasteiger partial charge is 0.302 e. The molecule has 0 spiro atoms. The maximum Gasteiger partial charge on any atom is 0.302 e. The first-order chi connectivity index (χ1) is 8.56. The predicted octanol–water partition coefficient (Wildman–Crippen LogP) is -0.493. The summed E-state index contributed by atoms with van der Waals surface area (Å²) in [7, 11) is 0. The number of aliphatic hydroxyl groups excluding tert-OH is 1. The number of rotatable bonds is 10. The van der Waals surface area contributed by atoms with Crippen LogP contribution in [0.15, 0.2) is 0 Å². The van der Waals surface area contributed by atoms with Crippen LogP contribution in [0.25, 0.3) is 0 Å². The second-order valence-electron chi connectivity index (χ2n) is 3.43. The number of aliphatic hydroxyl groups is 1. The topological polar surface area (TPSA) is 91.3 Å². The molecule has 7 heteroatoms. The van der Waals surface area contributed by atoms with Crippen LogP contribution in [0, 0.1) is 0 Å². The fraction of sp³-hybridized carbons (Fsp3) is 0.818. The molecule has 18 heavy (non-hydrogen) atoms. The number of carbonyl (C=O) groups excluding carboxylic acids is 2. The zero-order valence-corrected chi connectivity index (χ0v) is 10.7. The molecule has 0 aliphatic heterocycles. The van der Waals surface area contributed by atoms with E-state index in [4.69, 9.17) is 14.6 Å². The summed E-state index contributed by atoms with van der Waals surface area (Å²) in [5, 5.41) is 8.98. The molecule has 0 amide bonds. The van der Waals surface area contributed by atoms with Gasteiger partial charge in [0.05, 0.1) is 26.4 Å². The van der Waals surface area contributed by atoms with Crippen molar-refractivity contribution in [3.63, 3.8) is 0 Å². The van der Waals surface area contributed by atoms with Gasteiger partial charge in [-0.2, -0.15) is 0 Å². The average molecular weight is 264 g/mol. The van der Waals surface area contributed by atoms with Crippen LogP contribution >= 0.6 is 0 Å². The minimum atomic E-state index is -0.488. The average Bonchev–Trinajstić information content (AvgIpc) is 2.30. The highest BCUT2D eigenvalue weighted by Gasteiger charge is 2.08. The minimum Gasteiger partial charge on any atom is -0.463 e. The van der Waals surface area contributed by atoms with Crippen LogP contribution in [0.4, 0.5) is 0 Å². The molecule has 0 aromatic heterocycles. The van der Waals surface area contributed by atoms with Crippen molar-refractivity contribution in [3.8, 4) is 0 Å². The third kappa shape index (κ3) is 11.3. The standard InChI is InChI=1S/C11H20O7/c1-9(13)16-4-3-15-8-11(7-12)18-6-5-17-10(2)14/h11-12H,3-8H2,1-2H3. The Morgan fingerprint density at radius 3 is 2.06 bits per heavy atom. The van der Waals surface area contributed by atoms with E-state index in [1.54, 1.807) is 0 Å². The van der Waals surface area contributed by atoms with E-state index in [1.165, 1.54) is 13.8 Å². The summed E-state index contributed by atoms with van der Waals surface area (Å²) in [6, 6.07) is 0. The molecule has 7 nitrogen and oxygen atoms in total. The molecule has 0 aromatic carbocycles. The van der Waals surface area contributed by atoms with Gasteiger partial charge >= 0.3 is 11.9 Å². The summed E-state index contributed by atoms with van der Waals surface area (Å²) in [6.45, 7) is 3.34. The van der Waals surface area contributed by atoms with Crippen molar-refractivity contribution in [2.75, 3.05) is 39.6 Å². The molecule has 0 saturated carbocycles. The van der Waals surface area contributed by atoms with Crippen molar-refractivity contribution < 1.29 is 33.6 Å². The number of carbonyl (C=O) groups is 2. The summed E-state index contributed by atoms with van der Waals surface area (Å²) < 4.78 is 19.7. The number of hydrogen-bond acceptors (Lipinski definition) is 7. The molecule has 0 saturated heterocycles. The molecular weight excluding hydrogens is 244 g/mol. The second kappa shape index (κ2) is 10.9. The number of ether oxygens (including phenoxy) is 4. The van der Waals surface area contributed by atoms with E-state index in [2.05, 4.69) is 9.47 Å². The first-order valence-electron chi connectivity index (χ1n) is 5.63. The molecule has 0 bridgehead atoms. The third-order valence-electron chi connectivity index (χ3n) is 1.78. The Morgan fingerprint density at radius 2 is 1.56 bits per heavy atom. The van der Waals surface area contributed by atoms with Gasteiger partial charge in [0.15, 0.2) is 0 Å². The molecule has 0 rings (SSSR count). The quantitative estimate of drug-likeness (QED) is 0.420. The Morgan fingerprint density at radius 1 is 1.00 bits per heavy atom. The second-order valence-corrected chi connectivity index (χ2v) is 3.43. The molecule has 0 heterocycles. The molecule has 0 fully saturated rings. The Labute approximate surface area is 106 Å². The van der Waals surface area contributed by atoms with E-state index >= 15 is 0 Å². The van der Waals surface area contributed by atoms with E-state index < -0.39 is 6.10 Å². The number of hydrogen-bond donors (Lipinski definition) is 1. The largest absolute Gasteiger partial charge is 0.463 e. The van der Waals surface area contributed by atoms with Crippen LogP contribution in [0.5, 0.6) is 0 Å². The monoisotopic (exact) mass is 264 g/mol. The maximum absolute atomic E-state index is 10.5. The van der Waals surface area contributed by atoms with Gasteiger partial charge in [-0.25, -0.2) is 0 Å². The van der Waals surface area contributed by atoms with Crippen molar-refractivity contribution in [1.29, 1.82) is 0 Å². The van der Waals surface area contributed by atoms with Gasteiger partial charge in [0.25, 0.3) is 0 Å². The minimum absolute atomic E-state index is 0.138. The van der Waals surface area contributed by atoms with Crippen molar-refractivity contribution in [2.45, 2.75) is 20.0 Å². The van der Waals surface area contributed by atoms with Crippen molar-refractivity contribution >= 4 is 11.9 Å². The fourth-order valence-corrected chi connectivity index (χ4v) is 1.01. The van der Waals surface area contributed by atoms with Crippen LogP contribution in [0.3, 0.4) is 0 Å². The van der Waals surface area contributed by atoms with Crippen LogP contribution < -0.4 is 0 Å². The van der Waals surface area contributed by atoms with E-state index in [9.17, 15) is 9.59 Å². The Hall–Kier alpha value is -1.18. The Balaban J connectivity index is 3.46. The highest BCUT2D eigenvalue weighted by molar-refractivity contribution is 5.66. The summed E-state index contributed by atoms with van der Waals surface area (Å²) >= 11 is 0. The van der Waals surface area contributed by atoms with Crippen molar-refractivity contribution in [3.05, 3.63) is 0 Å². The molecule has 1 atom stereocenters. The van der Waals surface area contributed by atoms with Gasteiger partial charge in [-0.1, -0.05) is 0 Å². The highest BCUT2D eigenvalue weighted by Crippen LogP contribution is 1.93. The van der Waals surface area contributed by atoms with Gasteiger partial charge in [-0.15, -0.1) is 0 Å². The van der Waals surface area contributed by atoms with Crippen LogP contribution in [0.2, 0.25) is 0 Å². The molecule has 106 valence electrons. The zero-order valence-electron chi connectivity index (χ0n) is 10.7. The summed E-state index contributed by atoms with van der Waals surface area (Å²) in [4.78, 5) is 20.9. The predicted molar refractivity (Wildman–Crippen MR) is 60.9 cm³/mol. The lowest BCUT2D eigenvalue weighted by molar-refractivity contribution is -0.146. The summed E-state index contributed by atoms with van der Waals surface area (Å²) in [5.74, 6) is -0.744. The van der Waals surface area contributed by atoms with Crippen LogP contribution in [-0.4, -0.2) is 62.8 Å². The highest BCUT2D eigenvalue weighted by atomic mass is 16.6. The molecule has 0 aliphatic carbocycles. The van der Waals surface area contributed by atoms with Gasteiger partial charge in [0, 0.05) is 13.8 Å². The summed E-state index contributed by atoms with van der Waals surface area (Å²) in [6.07, 6.45) is -0.488. The van der Waals surface area contributed by atoms with Gasteiger partial charge < -0.3 is 24.1 Å². The molecule has 0 aromatic rings. The maximum atomic E-state index is 10.5. The van der Waals surface area contributed by atoms with E-state index in [1.807, 2.05) is 0 Å². The van der Waals surface area contributed by atoms with E-state index in [-0.39, 0.29) is 51.6 Å². The zero-order chi connectivity index (χ0) is 13.8. The molecule has 0 radical (unpaired) electrons. The van der Waals surface area contributed by atoms with Crippen molar-refractivity contribution in [2.24, 2.45) is 0 Å². The van der Waals surface area contributed by atoms with Gasteiger partial charge in [0.1, 0.15) is 19.3 Å². The molecular formula is C11H20O7. The van der Waals surface area contributed by atoms with Gasteiger partial charge in [-0.3, -0.25) is 9.59 Å². The lowest BCUT2D eigenvalue weighted by atomic mass is 10.4. The van der Waals surface area contributed by atoms with Gasteiger partial charge in [0.2, 0.25) is 0 Å².